The first-order valence-corrected chi connectivity index (χ1v) is 11.4. The summed E-state index contributed by atoms with van der Waals surface area (Å²) in [5.74, 6) is -0.516. The zero-order chi connectivity index (χ0) is 23.8. The third-order valence-electron chi connectivity index (χ3n) is 6.00. The van der Waals surface area contributed by atoms with Crippen LogP contribution in [0.1, 0.15) is 88.0 Å². The molecule has 0 aromatic rings. The lowest BCUT2D eigenvalue weighted by molar-refractivity contribution is -0.109. The summed E-state index contributed by atoms with van der Waals surface area (Å²) in [5.41, 5.74) is 7.84. The number of ketones is 1. The van der Waals surface area contributed by atoms with Gasteiger partial charge >= 0.3 is 0 Å². The van der Waals surface area contributed by atoms with E-state index in [9.17, 15) is 4.79 Å². The summed E-state index contributed by atoms with van der Waals surface area (Å²) in [6.07, 6.45) is 16.7. The van der Waals surface area contributed by atoms with Crippen LogP contribution in [0.3, 0.4) is 0 Å². The molecule has 2 nitrogen and oxygen atoms in total. The van der Waals surface area contributed by atoms with Gasteiger partial charge in [0, 0.05) is 0 Å². The Morgan fingerprint density at radius 2 is 1.74 bits per heavy atom. The number of hydrogen-bond acceptors (Lipinski definition) is 2. The van der Waals surface area contributed by atoms with Crippen molar-refractivity contribution in [3.63, 3.8) is 0 Å². The Morgan fingerprint density at radius 3 is 2.29 bits per heavy atom. The first-order chi connectivity index (χ1) is 14.3. The molecule has 0 radical (unpaired) electrons. The normalized spacial score (nSPS) is 24.1. The van der Waals surface area contributed by atoms with Gasteiger partial charge in [-0.05, 0) is 91.2 Å². The van der Waals surface area contributed by atoms with Crippen molar-refractivity contribution in [1.29, 1.82) is 5.26 Å². The number of carbonyl (C=O) groups is 1. The van der Waals surface area contributed by atoms with E-state index in [0.29, 0.717) is 0 Å². The average Bonchev–Trinajstić information content (AvgIpc) is 2.67. The van der Waals surface area contributed by atoms with Gasteiger partial charge in [0.05, 0.1) is 0 Å². The van der Waals surface area contributed by atoms with E-state index in [1.165, 1.54) is 33.9 Å². The highest BCUT2D eigenvalue weighted by Gasteiger charge is 2.22. The lowest BCUT2D eigenvalue weighted by Crippen LogP contribution is -2.14. The van der Waals surface area contributed by atoms with Crippen LogP contribution in [-0.2, 0) is 4.79 Å². The SMILES string of the molecule is CCC(=C(C)/C=C/C(C)=C\C(=O)C#N)/C1=C/C/C(C(C)(C)C)=C\CC(C)(C)C/C=C\1C. The van der Waals surface area contributed by atoms with Gasteiger partial charge in [-0.3, -0.25) is 4.79 Å². The van der Waals surface area contributed by atoms with Gasteiger partial charge in [-0.2, -0.15) is 5.26 Å². The molecule has 0 bridgehead atoms. The van der Waals surface area contributed by atoms with E-state index in [-0.39, 0.29) is 10.8 Å². The molecule has 0 atom stereocenters. The number of allylic oxidation sites excluding steroid dienone is 12. The highest BCUT2D eigenvalue weighted by atomic mass is 16.1. The fourth-order valence-electron chi connectivity index (χ4n) is 3.78. The zero-order valence-electron chi connectivity index (χ0n) is 21.1. The molecular formula is C29H41NO. The zero-order valence-corrected chi connectivity index (χ0v) is 21.1. The molecule has 1 aliphatic carbocycles. The van der Waals surface area contributed by atoms with E-state index in [1.54, 1.807) is 6.07 Å². The van der Waals surface area contributed by atoms with Crippen molar-refractivity contribution in [2.45, 2.75) is 88.0 Å². The summed E-state index contributed by atoms with van der Waals surface area (Å²) < 4.78 is 0. The molecule has 0 saturated heterocycles. The van der Waals surface area contributed by atoms with Gasteiger partial charge in [0.2, 0.25) is 0 Å². The molecule has 1 rings (SSSR count). The first-order valence-electron chi connectivity index (χ1n) is 11.4. The summed E-state index contributed by atoms with van der Waals surface area (Å²) in [5, 5.41) is 8.70. The summed E-state index contributed by atoms with van der Waals surface area (Å²) >= 11 is 0. The highest BCUT2D eigenvalue weighted by Crippen LogP contribution is 2.37. The van der Waals surface area contributed by atoms with Crippen LogP contribution in [0.15, 0.2) is 69.9 Å². The Labute approximate surface area is 190 Å². The van der Waals surface area contributed by atoms with Crippen molar-refractivity contribution in [3.8, 4) is 6.07 Å². The van der Waals surface area contributed by atoms with Crippen LogP contribution in [0.2, 0.25) is 0 Å². The van der Waals surface area contributed by atoms with Gasteiger partial charge < -0.3 is 0 Å². The fourth-order valence-corrected chi connectivity index (χ4v) is 3.78. The second-order valence-electron chi connectivity index (χ2n) is 10.5. The van der Waals surface area contributed by atoms with Gasteiger partial charge in [-0.1, -0.05) is 77.5 Å². The van der Waals surface area contributed by atoms with Crippen LogP contribution in [0.4, 0.5) is 0 Å². The quantitative estimate of drug-likeness (QED) is 0.194. The summed E-state index contributed by atoms with van der Waals surface area (Å²) in [6.45, 7) is 20.0. The van der Waals surface area contributed by atoms with Gasteiger partial charge in [0.1, 0.15) is 6.07 Å². The minimum Gasteiger partial charge on any atom is -0.278 e. The maximum absolute atomic E-state index is 11.3. The molecule has 0 unspecified atom stereocenters. The van der Waals surface area contributed by atoms with Crippen LogP contribution in [0, 0.1) is 22.2 Å². The smallest absolute Gasteiger partial charge is 0.255 e. The lowest BCUT2D eigenvalue weighted by atomic mass is 9.77. The molecule has 0 amide bonds. The lowest BCUT2D eigenvalue weighted by Gasteiger charge is -2.28. The largest absolute Gasteiger partial charge is 0.278 e. The highest BCUT2D eigenvalue weighted by molar-refractivity contribution is 6.03. The maximum Gasteiger partial charge on any atom is 0.255 e. The van der Waals surface area contributed by atoms with E-state index in [0.717, 1.165) is 31.3 Å². The minimum absolute atomic E-state index is 0.148. The van der Waals surface area contributed by atoms with E-state index >= 15 is 0 Å². The van der Waals surface area contributed by atoms with Crippen LogP contribution in [0.25, 0.3) is 0 Å². The monoisotopic (exact) mass is 419 g/mol. The Balaban J connectivity index is 3.49. The van der Waals surface area contributed by atoms with E-state index in [4.69, 9.17) is 5.26 Å². The summed E-state index contributed by atoms with van der Waals surface area (Å²) in [7, 11) is 0. The molecule has 31 heavy (non-hydrogen) atoms. The minimum atomic E-state index is -0.516. The predicted octanol–water partition coefficient (Wildman–Crippen LogP) is 8.36. The molecule has 168 valence electrons. The molecule has 0 heterocycles. The topological polar surface area (TPSA) is 40.9 Å². The predicted molar refractivity (Wildman–Crippen MR) is 134 cm³/mol. The number of rotatable bonds is 5. The third kappa shape index (κ3) is 8.70. The number of nitriles is 1. The van der Waals surface area contributed by atoms with Crippen LogP contribution >= 0.6 is 0 Å². The molecule has 0 N–H and O–H groups in total. The van der Waals surface area contributed by atoms with Crippen molar-refractivity contribution >= 4 is 5.78 Å². The molecule has 1 aliphatic rings. The third-order valence-corrected chi connectivity index (χ3v) is 6.00. The van der Waals surface area contributed by atoms with Gasteiger partial charge in [-0.25, -0.2) is 0 Å². The van der Waals surface area contributed by atoms with Crippen molar-refractivity contribution in [1.82, 2.24) is 0 Å². The standard InChI is InChI=1S/C29H41NO/c1-10-26(22(3)12-11-21(2)19-25(31)20-30)27-14-13-24(28(5,6)7)16-18-29(8,9)17-15-23(27)4/h11-12,14-16,19H,10,13,17-18H2,1-9H3/b12-11+,21-19-,23-15-,24-16+,26-22-,27-14+. The van der Waals surface area contributed by atoms with E-state index in [2.05, 4.69) is 79.7 Å². The molecule has 0 aromatic heterocycles. The second-order valence-corrected chi connectivity index (χ2v) is 10.5. The van der Waals surface area contributed by atoms with Crippen LogP contribution in [0.5, 0.6) is 0 Å². The van der Waals surface area contributed by atoms with Crippen LogP contribution < -0.4 is 0 Å². The average molecular weight is 420 g/mol. The molecule has 2 heteroatoms. The first kappa shape index (κ1) is 26.6. The fraction of sp³-hybridized carbons (Fsp3) is 0.517. The number of hydrogen-bond donors (Lipinski definition) is 0. The molecular weight excluding hydrogens is 378 g/mol. The number of nitrogens with zero attached hydrogens (tertiary/aromatic N) is 1. The Morgan fingerprint density at radius 1 is 1.13 bits per heavy atom. The summed E-state index contributed by atoms with van der Waals surface area (Å²) in [6, 6.07) is 1.64. The molecule has 0 saturated carbocycles. The van der Waals surface area contributed by atoms with E-state index < -0.39 is 5.78 Å². The van der Waals surface area contributed by atoms with Crippen molar-refractivity contribution in [2.24, 2.45) is 10.8 Å². The summed E-state index contributed by atoms with van der Waals surface area (Å²) in [4.78, 5) is 11.3. The Kier molecular flexibility index (Phi) is 9.70. The maximum atomic E-state index is 11.3. The van der Waals surface area contributed by atoms with Crippen molar-refractivity contribution in [3.05, 3.63) is 69.9 Å². The second kappa shape index (κ2) is 11.3. The Bertz CT molecular complexity index is 899. The molecule has 0 fully saturated rings. The van der Waals surface area contributed by atoms with Gasteiger partial charge in [-0.15, -0.1) is 0 Å². The molecule has 0 aromatic carbocycles. The number of carbonyl (C=O) groups excluding carboxylic acids is 1. The van der Waals surface area contributed by atoms with Crippen LogP contribution in [-0.4, -0.2) is 5.78 Å². The van der Waals surface area contributed by atoms with Gasteiger partial charge in [0.25, 0.3) is 5.78 Å². The molecule has 0 spiro atoms. The van der Waals surface area contributed by atoms with Crippen molar-refractivity contribution in [2.75, 3.05) is 0 Å². The van der Waals surface area contributed by atoms with Gasteiger partial charge in [0.15, 0.2) is 0 Å². The van der Waals surface area contributed by atoms with E-state index in [1.807, 2.05) is 13.0 Å². The Hall–Kier alpha value is -2.40. The molecule has 0 aliphatic heterocycles. The van der Waals surface area contributed by atoms with Crippen molar-refractivity contribution < 1.29 is 4.79 Å².